The Morgan fingerprint density at radius 2 is 2.10 bits per heavy atom. The topological polar surface area (TPSA) is 50.4 Å². The number of rotatable bonds is 3. The smallest absolute Gasteiger partial charge is 0.251 e. The van der Waals surface area contributed by atoms with Gasteiger partial charge in [-0.25, -0.2) is 0 Å². The first-order valence-electron chi connectivity index (χ1n) is 7.52. The van der Waals surface area contributed by atoms with Crippen LogP contribution in [0.15, 0.2) is 24.3 Å². The number of carbonyl (C=O) groups excluding carboxylic acids is 1. The summed E-state index contributed by atoms with van der Waals surface area (Å²) in [5, 5.41) is 6.44. The summed E-state index contributed by atoms with van der Waals surface area (Å²) >= 11 is 0. The van der Waals surface area contributed by atoms with Crippen molar-refractivity contribution in [3.63, 3.8) is 0 Å². The molecule has 0 aromatic heterocycles. The minimum Gasteiger partial charge on any atom is -0.379 e. The molecule has 0 spiro atoms. The molecular formula is C16H22N2O2. The molecule has 1 aromatic carbocycles. The van der Waals surface area contributed by atoms with Gasteiger partial charge in [-0.2, -0.15) is 0 Å². The van der Waals surface area contributed by atoms with Crippen LogP contribution in [0.5, 0.6) is 0 Å². The molecule has 2 unspecified atom stereocenters. The standard InChI is InChI=1S/C16H22N2O2/c19-16(18-15-7-9-20-11-15)13-5-3-12(4-6-13)14-2-1-8-17-10-14/h3-6,14-15,17H,1-2,7-11H2,(H,18,19). The Morgan fingerprint density at radius 3 is 2.75 bits per heavy atom. The molecule has 2 fully saturated rings. The van der Waals surface area contributed by atoms with Crippen molar-refractivity contribution in [2.75, 3.05) is 26.3 Å². The molecule has 3 rings (SSSR count). The zero-order valence-electron chi connectivity index (χ0n) is 11.7. The molecule has 1 amide bonds. The number of carbonyl (C=O) groups is 1. The first-order valence-corrected chi connectivity index (χ1v) is 7.52. The van der Waals surface area contributed by atoms with E-state index in [0.717, 1.165) is 31.7 Å². The van der Waals surface area contributed by atoms with Crippen LogP contribution in [0.4, 0.5) is 0 Å². The van der Waals surface area contributed by atoms with Gasteiger partial charge in [0, 0.05) is 18.7 Å². The van der Waals surface area contributed by atoms with E-state index in [1.807, 2.05) is 12.1 Å². The Bertz CT molecular complexity index is 446. The Hall–Kier alpha value is -1.39. The minimum absolute atomic E-state index is 0.00817. The summed E-state index contributed by atoms with van der Waals surface area (Å²) in [5.74, 6) is 0.595. The highest BCUT2D eigenvalue weighted by Gasteiger charge is 2.19. The van der Waals surface area contributed by atoms with Crippen molar-refractivity contribution in [3.8, 4) is 0 Å². The van der Waals surface area contributed by atoms with E-state index in [9.17, 15) is 4.79 Å². The number of piperidine rings is 1. The molecule has 0 radical (unpaired) electrons. The zero-order valence-corrected chi connectivity index (χ0v) is 11.7. The molecule has 0 bridgehead atoms. The summed E-state index contributed by atoms with van der Waals surface area (Å²) in [6.07, 6.45) is 3.38. The second-order valence-corrected chi connectivity index (χ2v) is 5.70. The summed E-state index contributed by atoms with van der Waals surface area (Å²) in [6, 6.07) is 8.24. The molecule has 0 saturated carbocycles. The maximum atomic E-state index is 12.1. The number of nitrogens with one attached hydrogen (secondary N) is 2. The molecule has 4 heteroatoms. The Balaban J connectivity index is 1.61. The molecule has 0 aliphatic carbocycles. The van der Waals surface area contributed by atoms with Gasteiger partial charge in [-0.3, -0.25) is 4.79 Å². The largest absolute Gasteiger partial charge is 0.379 e. The van der Waals surface area contributed by atoms with Crippen LogP contribution in [0.25, 0.3) is 0 Å². The lowest BCUT2D eigenvalue weighted by atomic mass is 9.91. The molecule has 2 atom stereocenters. The monoisotopic (exact) mass is 274 g/mol. The van der Waals surface area contributed by atoms with Crippen LogP contribution >= 0.6 is 0 Å². The summed E-state index contributed by atoms with van der Waals surface area (Å²) in [7, 11) is 0. The number of hydrogen-bond acceptors (Lipinski definition) is 3. The van der Waals surface area contributed by atoms with Crippen LogP contribution in [0, 0.1) is 0 Å². The van der Waals surface area contributed by atoms with Crippen molar-refractivity contribution in [2.24, 2.45) is 0 Å². The maximum absolute atomic E-state index is 12.1. The van der Waals surface area contributed by atoms with Crippen molar-refractivity contribution >= 4 is 5.91 Å². The van der Waals surface area contributed by atoms with Gasteiger partial charge in [0.05, 0.1) is 12.6 Å². The lowest BCUT2D eigenvalue weighted by Gasteiger charge is -2.23. The number of hydrogen-bond donors (Lipinski definition) is 2. The van der Waals surface area contributed by atoms with Crippen LogP contribution in [-0.2, 0) is 4.74 Å². The molecule has 4 nitrogen and oxygen atoms in total. The highest BCUT2D eigenvalue weighted by Crippen LogP contribution is 2.23. The van der Waals surface area contributed by atoms with E-state index < -0.39 is 0 Å². The minimum atomic E-state index is 0.00817. The molecule has 2 heterocycles. The molecule has 1 aromatic rings. The van der Waals surface area contributed by atoms with Gasteiger partial charge in [-0.1, -0.05) is 12.1 Å². The fraction of sp³-hybridized carbons (Fsp3) is 0.562. The summed E-state index contributed by atoms with van der Waals surface area (Å²) in [6.45, 7) is 3.56. The van der Waals surface area contributed by atoms with Gasteiger partial charge in [0.25, 0.3) is 5.91 Å². The Labute approximate surface area is 119 Å². The molecule has 20 heavy (non-hydrogen) atoms. The fourth-order valence-corrected chi connectivity index (χ4v) is 2.96. The Morgan fingerprint density at radius 1 is 1.25 bits per heavy atom. The van der Waals surface area contributed by atoms with E-state index in [2.05, 4.69) is 22.8 Å². The molecule has 2 aliphatic rings. The average Bonchev–Trinajstić information content (AvgIpc) is 3.01. The third-order valence-corrected chi connectivity index (χ3v) is 4.21. The van der Waals surface area contributed by atoms with Crippen LogP contribution in [0.1, 0.15) is 41.1 Å². The van der Waals surface area contributed by atoms with Gasteiger partial charge < -0.3 is 15.4 Å². The lowest BCUT2D eigenvalue weighted by molar-refractivity contribution is 0.0930. The molecule has 2 saturated heterocycles. The van der Waals surface area contributed by atoms with Crippen LogP contribution in [-0.4, -0.2) is 38.3 Å². The van der Waals surface area contributed by atoms with E-state index in [0.29, 0.717) is 12.5 Å². The third-order valence-electron chi connectivity index (χ3n) is 4.21. The number of ether oxygens (including phenoxy) is 1. The van der Waals surface area contributed by atoms with Crippen molar-refractivity contribution in [1.29, 1.82) is 0 Å². The van der Waals surface area contributed by atoms with Gasteiger partial charge >= 0.3 is 0 Å². The molecule has 2 aliphatic heterocycles. The Kier molecular flexibility index (Phi) is 4.33. The van der Waals surface area contributed by atoms with Gasteiger partial charge in [0.2, 0.25) is 0 Å². The number of amides is 1. The quantitative estimate of drug-likeness (QED) is 0.881. The summed E-state index contributed by atoms with van der Waals surface area (Å²) in [5.41, 5.74) is 2.07. The van der Waals surface area contributed by atoms with Gasteiger partial charge in [-0.15, -0.1) is 0 Å². The van der Waals surface area contributed by atoms with Crippen LogP contribution < -0.4 is 10.6 Å². The van der Waals surface area contributed by atoms with Gasteiger partial charge in [0.15, 0.2) is 0 Å². The highest BCUT2D eigenvalue weighted by atomic mass is 16.5. The molecule has 2 N–H and O–H groups in total. The number of benzene rings is 1. The van der Waals surface area contributed by atoms with E-state index in [4.69, 9.17) is 4.74 Å². The average molecular weight is 274 g/mol. The van der Waals surface area contributed by atoms with Gasteiger partial charge in [-0.05, 0) is 49.4 Å². The third kappa shape index (κ3) is 3.19. The SMILES string of the molecule is O=C(NC1CCOC1)c1ccc(C2CCCNC2)cc1. The highest BCUT2D eigenvalue weighted by molar-refractivity contribution is 5.94. The maximum Gasteiger partial charge on any atom is 0.251 e. The first kappa shape index (κ1) is 13.6. The first-order chi connectivity index (χ1) is 9.83. The summed E-state index contributed by atoms with van der Waals surface area (Å²) in [4.78, 5) is 12.1. The second-order valence-electron chi connectivity index (χ2n) is 5.70. The van der Waals surface area contributed by atoms with Crippen LogP contribution in [0.3, 0.4) is 0 Å². The zero-order chi connectivity index (χ0) is 13.8. The van der Waals surface area contributed by atoms with Gasteiger partial charge in [0.1, 0.15) is 0 Å². The van der Waals surface area contributed by atoms with Crippen molar-refractivity contribution in [2.45, 2.75) is 31.2 Å². The second kappa shape index (κ2) is 6.37. The van der Waals surface area contributed by atoms with Crippen molar-refractivity contribution in [1.82, 2.24) is 10.6 Å². The lowest BCUT2D eigenvalue weighted by Crippen LogP contribution is -2.35. The van der Waals surface area contributed by atoms with E-state index in [1.54, 1.807) is 0 Å². The van der Waals surface area contributed by atoms with Crippen molar-refractivity contribution < 1.29 is 9.53 Å². The van der Waals surface area contributed by atoms with Crippen molar-refractivity contribution in [3.05, 3.63) is 35.4 Å². The van der Waals surface area contributed by atoms with E-state index in [-0.39, 0.29) is 11.9 Å². The van der Waals surface area contributed by atoms with E-state index >= 15 is 0 Å². The molecule has 108 valence electrons. The predicted molar refractivity (Wildman–Crippen MR) is 78.0 cm³/mol. The normalized spacial score (nSPS) is 26.4. The fourth-order valence-electron chi connectivity index (χ4n) is 2.96. The predicted octanol–water partition coefficient (Wildman–Crippen LogP) is 1.67. The van der Waals surface area contributed by atoms with E-state index in [1.165, 1.54) is 18.4 Å². The van der Waals surface area contributed by atoms with Crippen LogP contribution in [0.2, 0.25) is 0 Å². The summed E-state index contributed by atoms with van der Waals surface area (Å²) < 4.78 is 5.27. The molecular weight excluding hydrogens is 252 g/mol.